The zero-order valence-electron chi connectivity index (χ0n) is 13.5. The molecule has 0 radical (unpaired) electrons. The SMILES string of the molecule is C[B-](C)(C)[N+](C)(C)C.C[C+](C)O[B-](C)(C)C. The predicted octanol–water partition coefficient (Wildman–Crippen LogP) is 3.94. The van der Waals surface area contributed by atoms with Gasteiger partial charge in [-0.1, -0.05) is 0 Å². The first-order valence-electron chi connectivity index (χ1n) is 6.50. The Morgan fingerprint density at radius 1 is 0.812 bits per heavy atom. The minimum atomic E-state index is -0.574. The zero-order chi connectivity index (χ0) is 13.8. The van der Waals surface area contributed by atoms with E-state index in [1.807, 2.05) is 13.8 Å². The summed E-state index contributed by atoms with van der Waals surface area (Å²) < 4.78 is 6.50. The average Bonchev–Trinajstić information content (AvgIpc) is 1.74. The first-order valence-corrected chi connectivity index (χ1v) is 6.50. The predicted molar refractivity (Wildman–Crippen MR) is 80.4 cm³/mol. The summed E-state index contributed by atoms with van der Waals surface area (Å²) in [5.74, 6) is 0. The highest BCUT2D eigenvalue weighted by molar-refractivity contribution is 6.70. The summed E-state index contributed by atoms with van der Waals surface area (Å²) in [6, 6.07) is 0. The third-order valence-corrected chi connectivity index (χ3v) is 2.91. The van der Waals surface area contributed by atoms with Gasteiger partial charge in [-0.3, -0.25) is 0 Å². The molecule has 0 aromatic rings. The van der Waals surface area contributed by atoms with Crippen LogP contribution in [0.15, 0.2) is 0 Å². The van der Waals surface area contributed by atoms with E-state index < -0.39 is 6.35 Å². The van der Waals surface area contributed by atoms with Gasteiger partial charge >= 0.3 is 0 Å². The molecule has 0 aromatic carbocycles. The van der Waals surface area contributed by atoms with E-state index in [4.69, 9.17) is 4.65 Å². The summed E-state index contributed by atoms with van der Waals surface area (Å²) in [6.07, 6.45) is 0.271. The summed E-state index contributed by atoms with van der Waals surface area (Å²) in [4.78, 5) is 0. The molecule has 0 N–H and O–H groups in total. The lowest BCUT2D eigenvalue weighted by atomic mass is 9.38. The lowest BCUT2D eigenvalue weighted by molar-refractivity contribution is -0.768. The van der Waals surface area contributed by atoms with Crippen LogP contribution in [0.1, 0.15) is 13.8 Å². The third kappa shape index (κ3) is 12.0. The van der Waals surface area contributed by atoms with Crippen LogP contribution in [-0.4, -0.2) is 38.2 Å². The number of hydrogen-bond donors (Lipinski definition) is 0. The van der Waals surface area contributed by atoms with Crippen molar-refractivity contribution in [2.45, 2.75) is 54.8 Å². The van der Waals surface area contributed by atoms with E-state index in [9.17, 15) is 0 Å². The van der Waals surface area contributed by atoms with Crippen LogP contribution < -0.4 is 0 Å². The summed E-state index contributed by atoms with van der Waals surface area (Å²) in [6.45, 7) is 17.2. The molecule has 0 aliphatic rings. The van der Waals surface area contributed by atoms with E-state index >= 15 is 0 Å². The Bertz CT molecular complexity index is 173. The van der Waals surface area contributed by atoms with Gasteiger partial charge in [0, 0.05) is 21.1 Å². The molecule has 4 heteroatoms. The van der Waals surface area contributed by atoms with Gasteiger partial charge in [-0.05, 0) is 0 Å². The first kappa shape index (κ1) is 18.3. The lowest BCUT2D eigenvalue weighted by Crippen LogP contribution is -2.55. The fourth-order valence-electron chi connectivity index (χ4n) is 0.707. The van der Waals surface area contributed by atoms with Gasteiger partial charge in [-0.25, -0.2) is 0 Å². The summed E-state index contributed by atoms with van der Waals surface area (Å²) in [5, 5.41) is 0. The number of nitrogens with zero attached hydrogens (tertiary/aromatic N) is 1. The van der Waals surface area contributed by atoms with Gasteiger partial charge in [0.2, 0.25) is 0 Å². The Labute approximate surface area is 104 Å². The Hall–Kier alpha value is -0.0801. The van der Waals surface area contributed by atoms with Crippen molar-refractivity contribution >= 4 is 12.6 Å². The highest BCUT2D eigenvalue weighted by Crippen LogP contribution is 2.11. The zero-order valence-corrected chi connectivity index (χ0v) is 13.5. The van der Waals surface area contributed by atoms with Crippen LogP contribution >= 0.6 is 0 Å². The van der Waals surface area contributed by atoms with Gasteiger partial charge in [-0.2, -0.15) is 20.5 Å². The van der Waals surface area contributed by atoms with E-state index in [0.29, 0.717) is 0 Å². The van der Waals surface area contributed by atoms with Crippen LogP contribution in [-0.2, 0) is 4.65 Å². The molecule has 0 amide bonds. The monoisotopic (exact) mass is 229 g/mol. The van der Waals surface area contributed by atoms with Gasteiger partial charge in [0.05, 0.1) is 0 Å². The molecule has 0 spiro atoms. The maximum Gasteiger partial charge on any atom is 0.200 e. The van der Waals surface area contributed by atoms with Crippen molar-refractivity contribution in [2.24, 2.45) is 0 Å². The smallest absolute Gasteiger partial charge is 0.200 e. The fraction of sp³-hybridized carbons (Fsp3) is 0.917. The van der Waals surface area contributed by atoms with Crippen LogP contribution in [0.5, 0.6) is 0 Å². The number of quaternary nitrogens is 1. The van der Waals surface area contributed by atoms with Crippen molar-refractivity contribution in [1.82, 2.24) is 0 Å². The summed E-state index contributed by atoms with van der Waals surface area (Å²) in [5.41, 5.74) is 0. The second-order valence-corrected chi connectivity index (χ2v) is 8.09. The van der Waals surface area contributed by atoms with Crippen LogP contribution in [0.2, 0.25) is 40.9 Å². The van der Waals surface area contributed by atoms with Crippen LogP contribution in [0, 0.1) is 6.10 Å². The second-order valence-electron chi connectivity index (χ2n) is 8.09. The Morgan fingerprint density at radius 2 is 1.06 bits per heavy atom. The van der Waals surface area contributed by atoms with Gasteiger partial charge in [-0.15, -0.1) is 20.5 Å². The molecule has 0 atom stereocenters. The fourth-order valence-corrected chi connectivity index (χ4v) is 0.707. The van der Waals surface area contributed by atoms with Crippen molar-refractivity contribution in [3.63, 3.8) is 0 Å². The average molecular weight is 229 g/mol. The molecule has 2 nitrogen and oxygen atoms in total. The van der Waals surface area contributed by atoms with Crippen molar-refractivity contribution in [1.29, 1.82) is 0 Å². The van der Waals surface area contributed by atoms with E-state index in [2.05, 4.69) is 62.1 Å². The Morgan fingerprint density at radius 3 is 1.06 bits per heavy atom. The summed E-state index contributed by atoms with van der Waals surface area (Å²) >= 11 is 0. The number of hydrogen-bond acceptors (Lipinski definition) is 1. The van der Waals surface area contributed by atoms with Crippen LogP contribution in [0.3, 0.4) is 0 Å². The molecule has 0 saturated carbocycles. The molecule has 0 heterocycles. The highest BCUT2D eigenvalue weighted by atomic mass is 16.5. The van der Waals surface area contributed by atoms with E-state index in [-0.39, 0.29) is 6.28 Å². The van der Waals surface area contributed by atoms with Gasteiger partial charge in [0.1, 0.15) is 13.8 Å². The normalized spacial score (nSPS) is 12.9. The minimum Gasteiger partial charge on any atom is -0.523 e. The third-order valence-electron chi connectivity index (χ3n) is 2.91. The number of rotatable bonds is 3. The molecule has 0 bridgehead atoms. The molecule has 0 aliphatic heterocycles. The molecular formula is C12H33B2NO. The molecule has 0 aliphatic carbocycles. The van der Waals surface area contributed by atoms with Gasteiger partial charge in [0.15, 0.2) is 18.7 Å². The molecule has 0 fully saturated rings. The highest BCUT2D eigenvalue weighted by Gasteiger charge is 2.22. The minimum absolute atomic E-state index is 0.208. The van der Waals surface area contributed by atoms with Crippen molar-refractivity contribution in [3.05, 3.63) is 6.10 Å². The molecule has 98 valence electrons. The standard InChI is InChI=1S/C6H18BN.C6H15BO/c1-7(2,3)8(4,5)6;1-6(2)8-7(3,4)5/h1-6H3;1-5H3. The van der Waals surface area contributed by atoms with E-state index in [1.54, 1.807) is 0 Å². The van der Waals surface area contributed by atoms with Crippen molar-refractivity contribution < 1.29 is 9.05 Å². The maximum absolute atomic E-state index is 5.42. The molecular weight excluding hydrogens is 196 g/mol. The quantitative estimate of drug-likeness (QED) is 0.526. The lowest BCUT2D eigenvalue weighted by Gasteiger charge is -2.46. The largest absolute Gasteiger partial charge is 0.523 e. The van der Waals surface area contributed by atoms with Crippen LogP contribution in [0.4, 0.5) is 0 Å². The van der Waals surface area contributed by atoms with Crippen molar-refractivity contribution in [3.8, 4) is 0 Å². The van der Waals surface area contributed by atoms with Gasteiger partial charge in [0.25, 0.3) is 0 Å². The summed E-state index contributed by atoms with van der Waals surface area (Å²) in [7, 11) is 6.71. The van der Waals surface area contributed by atoms with E-state index in [0.717, 1.165) is 10.5 Å². The molecule has 0 unspecified atom stereocenters. The molecule has 0 saturated heterocycles. The second kappa shape index (κ2) is 6.02. The van der Waals surface area contributed by atoms with Crippen molar-refractivity contribution in [2.75, 3.05) is 21.1 Å². The Balaban J connectivity index is 0. The van der Waals surface area contributed by atoms with Crippen LogP contribution in [0.25, 0.3) is 0 Å². The Kier molecular flexibility index (Phi) is 6.88. The topological polar surface area (TPSA) is 9.23 Å². The van der Waals surface area contributed by atoms with Gasteiger partial charge < -0.3 is 9.05 Å². The molecule has 16 heavy (non-hydrogen) atoms. The van der Waals surface area contributed by atoms with E-state index in [1.165, 1.54) is 0 Å². The molecule has 0 rings (SSSR count). The maximum atomic E-state index is 5.42. The molecule has 0 aromatic heterocycles. The first-order chi connectivity index (χ1) is 6.67.